The van der Waals surface area contributed by atoms with Crippen molar-refractivity contribution in [2.75, 3.05) is 0 Å². The van der Waals surface area contributed by atoms with Crippen LogP contribution in [-0.4, -0.2) is 0 Å². The Labute approximate surface area is 155 Å². The molecule has 1 aliphatic heterocycles. The Hall–Kier alpha value is -2.48. The van der Waals surface area contributed by atoms with Crippen molar-refractivity contribution in [1.82, 2.24) is 5.32 Å². The number of para-hydroxylation sites is 1. The first-order valence-electron chi connectivity index (χ1n) is 9.55. The van der Waals surface area contributed by atoms with E-state index in [4.69, 9.17) is 4.42 Å². The summed E-state index contributed by atoms with van der Waals surface area (Å²) in [5, 5.41) is 5.93. The predicted octanol–water partition coefficient (Wildman–Crippen LogP) is 6.76. The summed E-state index contributed by atoms with van der Waals surface area (Å²) in [7, 11) is 0. The standard InChI is InChI=1S/C24H27NO/c1-14(2)17-9-10-25-22(12-17)20-13-21-19-8-6-7-18(15(3)4)24(19)26-23(21)11-16(20)5/h6-15,22,25H,1-5H3. The van der Waals surface area contributed by atoms with Gasteiger partial charge in [0.05, 0.1) is 6.04 Å². The lowest BCUT2D eigenvalue weighted by atomic mass is 9.92. The maximum absolute atomic E-state index is 6.28. The number of dihydropyridines is 1. The SMILES string of the molecule is Cc1cc2oc3c(C(C)C)cccc3c2cc1C1C=C(C(C)C)C=CN1. The first-order valence-corrected chi connectivity index (χ1v) is 9.55. The molecule has 4 rings (SSSR count). The molecule has 26 heavy (non-hydrogen) atoms. The summed E-state index contributed by atoms with van der Waals surface area (Å²) in [4.78, 5) is 0. The first kappa shape index (κ1) is 17.0. The van der Waals surface area contributed by atoms with E-state index < -0.39 is 0 Å². The van der Waals surface area contributed by atoms with Gasteiger partial charge in [0.15, 0.2) is 0 Å². The lowest BCUT2D eigenvalue weighted by Crippen LogP contribution is -2.18. The second-order valence-electron chi connectivity index (χ2n) is 7.98. The monoisotopic (exact) mass is 345 g/mol. The Bertz CT molecular complexity index is 1030. The van der Waals surface area contributed by atoms with Crippen molar-refractivity contribution in [3.05, 3.63) is 70.9 Å². The quantitative estimate of drug-likeness (QED) is 0.567. The Balaban J connectivity index is 1.90. The predicted molar refractivity (Wildman–Crippen MR) is 110 cm³/mol. The molecule has 0 amide bonds. The molecule has 0 saturated carbocycles. The number of hydrogen-bond acceptors (Lipinski definition) is 2. The van der Waals surface area contributed by atoms with E-state index in [-0.39, 0.29) is 6.04 Å². The van der Waals surface area contributed by atoms with Crippen molar-refractivity contribution in [1.29, 1.82) is 0 Å². The summed E-state index contributed by atoms with van der Waals surface area (Å²) in [6.07, 6.45) is 6.60. The minimum atomic E-state index is 0.208. The Morgan fingerprint density at radius 3 is 2.54 bits per heavy atom. The Morgan fingerprint density at radius 2 is 1.81 bits per heavy atom. The number of benzene rings is 2. The van der Waals surface area contributed by atoms with Crippen LogP contribution in [0.4, 0.5) is 0 Å². The van der Waals surface area contributed by atoms with Crippen molar-refractivity contribution >= 4 is 21.9 Å². The van der Waals surface area contributed by atoms with Gasteiger partial charge in [-0.2, -0.15) is 0 Å². The van der Waals surface area contributed by atoms with Gasteiger partial charge in [0.1, 0.15) is 11.2 Å². The number of furan rings is 1. The van der Waals surface area contributed by atoms with Crippen LogP contribution in [0, 0.1) is 12.8 Å². The van der Waals surface area contributed by atoms with Crippen LogP contribution in [0.5, 0.6) is 0 Å². The highest BCUT2D eigenvalue weighted by molar-refractivity contribution is 6.06. The summed E-state index contributed by atoms with van der Waals surface area (Å²) in [5.74, 6) is 0.977. The second kappa shape index (κ2) is 6.35. The second-order valence-corrected chi connectivity index (χ2v) is 7.98. The molecule has 0 aliphatic carbocycles. The van der Waals surface area contributed by atoms with Crippen LogP contribution >= 0.6 is 0 Å². The van der Waals surface area contributed by atoms with Gasteiger partial charge >= 0.3 is 0 Å². The third kappa shape index (κ3) is 2.74. The van der Waals surface area contributed by atoms with E-state index in [0.717, 1.165) is 11.2 Å². The van der Waals surface area contributed by atoms with E-state index in [9.17, 15) is 0 Å². The fraction of sp³-hybridized carbons (Fsp3) is 0.333. The minimum absolute atomic E-state index is 0.208. The van der Waals surface area contributed by atoms with Gasteiger partial charge in [-0.15, -0.1) is 0 Å². The molecule has 0 saturated heterocycles. The van der Waals surface area contributed by atoms with E-state index in [1.54, 1.807) is 0 Å². The number of fused-ring (bicyclic) bond motifs is 3. The Kier molecular flexibility index (Phi) is 4.14. The van der Waals surface area contributed by atoms with Gasteiger partial charge < -0.3 is 9.73 Å². The van der Waals surface area contributed by atoms with Gasteiger partial charge in [0.2, 0.25) is 0 Å². The average Bonchev–Trinajstić information content (AvgIpc) is 2.98. The van der Waals surface area contributed by atoms with Gasteiger partial charge in [0.25, 0.3) is 0 Å². The third-order valence-corrected chi connectivity index (χ3v) is 5.45. The number of aryl methyl sites for hydroxylation is 1. The van der Waals surface area contributed by atoms with Gasteiger partial charge in [0, 0.05) is 10.8 Å². The third-order valence-electron chi connectivity index (χ3n) is 5.45. The molecule has 0 fully saturated rings. The van der Waals surface area contributed by atoms with Gasteiger partial charge in [-0.3, -0.25) is 0 Å². The number of rotatable bonds is 3. The lowest BCUT2D eigenvalue weighted by Gasteiger charge is -2.22. The van der Waals surface area contributed by atoms with E-state index in [1.165, 1.54) is 33.0 Å². The molecule has 2 heteroatoms. The topological polar surface area (TPSA) is 25.2 Å². The van der Waals surface area contributed by atoms with Crippen molar-refractivity contribution < 1.29 is 4.42 Å². The molecule has 1 atom stereocenters. The van der Waals surface area contributed by atoms with Crippen molar-refractivity contribution in [2.45, 2.75) is 46.6 Å². The zero-order valence-corrected chi connectivity index (χ0v) is 16.3. The molecular weight excluding hydrogens is 318 g/mol. The summed E-state index contributed by atoms with van der Waals surface area (Å²) < 4.78 is 6.28. The van der Waals surface area contributed by atoms with E-state index in [0.29, 0.717) is 11.8 Å². The molecular formula is C24H27NO. The molecule has 2 nitrogen and oxygen atoms in total. The molecule has 2 aromatic carbocycles. The molecule has 3 aromatic rings. The molecule has 1 aromatic heterocycles. The lowest BCUT2D eigenvalue weighted by molar-refractivity contribution is 0.655. The highest BCUT2D eigenvalue weighted by atomic mass is 16.3. The van der Waals surface area contributed by atoms with Crippen LogP contribution in [-0.2, 0) is 0 Å². The van der Waals surface area contributed by atoms with Crippen LogP contribution in [0.3, 0.4) is 0 Å². The fourth-order valence-corrected chi connectivity index (χ4v) is 3.88. The highest BCUT2D eigenvalue weighted by Gasteiger charge is 2.19. The molecule has 1 aliphatic rings. The molecule has 2 heterocycles. The van der Waals surface area contributed by atoms with Crippen molar-refractivity contribution in [2.24, 2.45) is 5.92 Å². The number of nitrogens with one attached hydrogen (secondary N) is 1. The molecule has 1 N–H and O–H groups in total. The van der Waals surface area contributed by atoms with E-state index in [2.05, 4.69) is 88.6 Å². The normalized spacial score (nSPS) is 17.3. The van der Waals surface area contributed by atoms with Crippen molar-refractivity contribution in [3.8, 4) is 0 Å². The summed E-state index contributed by atoms with van der Waals surface area (Å²) in [6, 6.07) is 11.2. The van der Waals surface area contributed by atoms with E-state index in [1.807, 2.05) is 0 Å². The van der Waals surface area contributed by atoms with Crippen LogP contribution in [0.15, 0.2) is 58.7 Å². The van der Waals surface area contributed by atoms with Gasteiger partial charge in [-0.1, -0.05) is 52.0 Å². The maximum atomic E-state index is 6.28. The minimum Gasteiger partial charge on any atom is -0.456 e. The van der Waals surface area contributed by atoms with Crippen LogP contribution in [0.2, 0.25) is 0 Å². The van der Waals surface area contributed by atoms with Crippen molar-refractivity contribution in [3.63, 3.8) is 0 Å². The maximum Gasteiger partial charge on any atom is 0.138 e. The summed E-state index contributed by atoms with van der Waals surface area (Å²) in [6.45, 7) is 11.1. The van der Waals surface area contributed by atoms with Crippen LogP contribution in [0.25, 0.3) is 21.9 Å². The van der Waals surface area contributed by atoms with E-state index >= 15 is 0 Å². The summed E-state index contributed by atoms with van der Waals surface area (Å²) in [5.41, 5.74) is 7.25. The number of allylic oxidation sites excluding steroid dienone is 2. The molecule has 0 spiro atoms. The van der Waals surface area contributed by atoms with Gasteiger partial charge in [-0.25, -0.2) is 0 Å². The largest absolute Gasteiger partial charge is 0.456 e. The zero-order chi connectivity index (χ0) is 18.4. The molecule has 134 valence electrons. The Morgan fingerprint density at radius 1 is 1.00 bits per heavy atom. The zero-order valence-electron chi connectivity index (χ0n) is 16.3. The number of hydrogen-bond donors (Lipinski definition) is 1. The molecule has 0 radical (unpaired) electrons. The average molecular weight is 345 g/mol. The van der Waals surface area contributed by atoms with Crippen LogP contribution < -0.4 is 5.32 Å². The van der Waals surface area contributed by atoms with Gasteiger partial charge in [-0.05, 0) is 65.4 Å². The first-order chi connectivity index (χ1) is 12.5. The molecule has 1 unspecified atom stereocenters. The smallest absolute Gasteiger partial charge is 0.138 e. The fourth-order valence-electron chi connectivity index (χ4n) is 3.88. The highest BCUT2D eigenvalue weighted by Crippen LogP contribution is 2.37. The van der Waals surface area contributed by atoms with Crippen LogP contribution in [0.1, 0.15) is 56.3 Å². The summed E-state index contributed by atoms with van der Waals surface area (Å²) >= 11 is 0. The molecule has 0 bridgehead atoms.